The first-order valence-electron chi connectivity index (χ1n) is 3.16. The number of ketones is 1. The molecule has 0 unspecified atom stereocenters. The zero-order valence-electron chi connectivity index (χ0n) is 6.00. The van der Waals surface area contributed by atoms with Gasteiger partial charge in [0, 0.05) is 11.8 Å². The van der Waals surface area contributed by atoms with Gasteiger partial charge in [0.1, 0.15) is 5.69 Å². The summed E-state index contributed by atoms with van der Waals surface area (Å²) in [5.74, 6) is -1.53. The van der Waals surface area contributed by atoms with Crippen molar-refractivity contribution in [1.82, 2.24) is 4.98 Å². The van der Waals surface area contributed by atoms with Crippen LogP contribution in [0.25, 0.3) is 0 Å². The maximum atomic E-state index is 10.9. The van der Waals surface area contributed by atoms with Crippen LogP contribution in [-0.4, -0.2) is 27.7 Å². The van der Waals surface area contributed by atoms with Gasteiger partial charge in [-0.2, -0.15) is 0 Å². The number of aromatic nitrogens is 1. The molecule has 0 aliphatic heterocycles. The topological polar surface area (TPSA) is 70.2 Å². The molecule has 0 aromatic carbocycles. The number of carbonyl (C=O) groups is 2. The van der Waals surface area contributed by atoms with E-state index in [0.717, 1.165) is 0 Å². The highest BCUT2D eigenvalue weighted by atomic mass is 35.5. The highest BCUT2D eigenvalue weighted by Gasteiger charge is 2.10. The van der Waals surface area contributed by atoms with Gasteiger partial charge in [0.05, 0.1) is 5.88 Å². The lowest BCUT2D eigenvalue weighted by atomic mass is 10.2. The Bertz CT molecular complexity index is 318. The van der Waals surface area contributed by atoms with E-state index in [9.17, 15) is 9.59 Å². The zero-order chi connectivity index (χ0) is 9.14. The number of carboxylic acids is 1. The molecule has 0 bridgehead atoms. The molecule has 0 fully saturated rings. The monoisotopic (exact) mass is 187 g/mol. The van der Waals surface area contributed by atoms with Crippen molar-refractivity contribution in [3.8, 4) is 0 Å². The Balaban J connectivity index is 2.91. The first kappa shape index (κ1) is 8.80. The van der Waals surface area contributed by atoms with Gasteiger partial charge in [-0.25, -0.2) is 4.79 Å². The van der Waals surface area contributed by atoms with Crippen molar-refractivity contribution in [2.45, 2.75) is 0 Å². The molecule has 0 saturated heterocycles. The van der Waals surface area contributed by atoms with Crippen molar-refractivity contribution in [1.29, 1.82) is 0 Å². The average molecular weight is 188 g/mol. The van der Waals surface area contributed by atoms with Crippen LogP contribution in [0.2, 0.25) is 0 Å². The lowest BCUT2D eigenvalue weighted by Gasteiger charge is -1.86. The Kier molecular flexibility index (Phi) is 2.50. The van der Waals surface area contributed by atoms with Crippen molar-refractivity contribution in [2.24, 2.45) is 0 Å². The van der Waals surface area contributed by atoms with Crippen LogP contribution < -0.4 is 0 Å². The molecular formula is C7H6ClNO3. The van der Waals surface area contributed by atoms with Crippen molar-refractivity contribution >= 4 is 23.4 Å². The molecule has 0 spiro atoms. The second-order valence-electron chi connectivity index (χ2n) is 2.16. The van der Waals surface area contributed by atoms with Gasteiger partial charge in [0.2, 0.25) is 0 Å². The highest BCUT2D eigenvalue weighted by molar-refractivity contribution is 6.30. The number of hydrogen-bond donors (Lipinski definition) is 2. The minimum absolute atomic E-state index is 0.0107. The SMILES string of the molecule is O=C(CCl)c1c[nH]c(C(=O)O)c1. The van der Waals surface area contributed by atoms with Crippen molar-refractivity contribution in [2.75, 3.05) is 5.88 Å². The summed E-state index contributed by atoms with van der Waals surface area (Å²) in [4.78, 5) is 23.7. The molecule has 0 aliphatic rings. The van der Waals surface area contributed by atoms with E-state index < -0.39 is 5.97 Å². The number of hydrogen-bond acceptors (Lipinski definition) is 2. The molecule has 2 N–H and O–H groups in total. The summed E-state index contributed by atoms with van der Waals surface area (Å²) in [6.07, 6.45) is 1.33. The van der Waals surface area contributed by atoms with Crippen molar-refractivity contribution in [3.63, 3.8) is 0 Å². The van der Waals surface area contributed by atoms with Crippen LogP contribution >= 0.6 is 11.6 Å². The van der Waals surface area contributed by atoms with Crippen LogP contribution in [0.4, 0.5) is 0 Å². The Morgan fingerprint density at radius 1 is 1.58 bits per heavy atom. The molecule has 1 rings (SSSR count). The summed E-state index contributed by atoms with van der Waals surface area (Å²) in [5.41, 5.74) is 0.283. The maximum absolute atomic E-state index is 10.9. The number of rotatable bonds is 3. The Morgan fingerprint density at radius 2 is 2.25 bits per heavy atom. The number of halogens is 1. The number of Topliss-reactive ketones (excluding diaryl/α,β-unsaturated/α-hetero) is 1. The van der Waals surface area contributed by atoms with Gasteiger partial charge in [-0.1, -0.05) is 0 Å². The fraction of sp³-hybridized carbons (Fsp3) is 0.143. The molecule has 12 heavy (non-hydrogen) atoms. The predicted octanol–water partition coefficient (Wildman–Crippen LogP) is 1.13. The van der Waals surface area contributed by atoms with E-state index in [4.69, 9.17) is 16.7 Å². The van der Waals surface area contributed by atoms with Crippen LogP contribution in [0.1, 0.15) is 20.8 Å². The molecule has 5 heteroatoms. The second kappa shape index (κ2) is 3.40. The average Bonchev–Trinajstić information content (AvgIpc) is 2.51. The molecular weight excluding hydrogens is 182 g/mol. The summed E-state index contributed by atoms with van der Waals surface area (Å²) in [5, 5.41) is 8.48. The maximum Gasteiger partial charge on any atom is 0.352 e. The quantitative estimate of drug-likeness (QED) is 0.551. The first-order valence-corrected chi connectivity index (χ1v) is 3.69. The fourth-order valence-corrected chi connectivity index (χ4v) is 0.910. The van der Waals surface area contributed by atoms with E-state index in [-0.39, 0.29) is 17.4 Å². The fourth-order valence-electron chi connectivity index (χ4n) is 0.756. The normalized spacial score (nSPS) is 9.75. The number of aromatic amines is 1. The molecule has 0 radical (unpaired) electrons. The summed E-state index contributed by atoms with van der Waals surface area (Å²) < 4.78 is 0. The molecule has 1 aromatic rings. The lowest BCUT2D eigenvalue weighted by molar-refractivity contribution is 0.0691. The highest BCUT2D eigenvalue weighted by Crippen LogP contribution is 2.05. The lowest BCUT2D eigenvalue weighted by Crippen LogP contribution is -1.98. The third-order valence-corrected chi connectivity index (χ3v) is 1.60. The summed E-state index contributed by atoms with van der Waals surface area (Å²) >= 11 is 5.26. The molecule has 1 aromatic heterocycles. The number of alkyl halides is 1. The summed E-state index contributed by atoms with van der Waals surface area (Å²) in [6.45, 7) is 0. The van der Waals surface area contributed by atoms with Crippen molar-refractivity contribution in [3.05, 3.63) is 23.5 Å². The third kappa shape index (κ3) is 1.65. The van der Waals surface area contributed by atoms with Gasteiger partial charge in [-0.05, 0) is 6.07 Å². The number of carbonyl (C=O) groups excluding carboxylic acids is 1. The van der Waals surface area contributed by atoms with E-state index in [1.165, 1.54) is 12.3 Å². The third-order valence-electron chi connectivity index (χ3n) is 1.36. The van der Waals surface area contributed by atoms with Crippen molar-refractivity contribution < 1.29 is 14.7 Å². The Hall–Kier alpha value is -1.29. The molecule has 0 aliphatic carbocycles. The summed E-state index contributed by atoms with van der Waals surface area (Å²) in [7, 11) is 0. The number of nitrogens with one attached hydrogen (secondary N) is 1. The Labute approximate surface area is 73.2 Å². The van der Waals surface area contributed by atoms with E-state index in [2.05, 4.69) is 4.98 Å². The van der Waals surface area contributed by atoms with Gasteiger partial charge < -0.3 is 10.1 Å². The molecule has 0 amide bonds. The van der Waals surface area contributed by atoms with E-state index in [1.807, 2.05) is 0 Å². The largest absolute Gasteiger partial charge is 0.477 e. The van der Waals surface area contributed by atoms with Gasteiger partial charge in [0.15, 0.2) is 5.78 Å². The number of aromatic carboxylic acids is 1. The number of carboxylic acid groups (broad SMARTS) is 1. The van der Waals surface area contributed by atoms with Crippen LogP contribution in [0.3, 0.4) is 0 Å². The zero-order valence-corrected chi connectivity index (χ0v) is 6.76. The van der Waals surface area contributed by atoms with Gasteiger partial charge in [-0.3, -0.25) is 4.79 Å². The summed E-state index contributed by atoms with van der Waals surface area (Å²) in [6, 6.07) is 1.26. The second-order valence-corrected chi connectivity index (χ2v) is 2.43. The van der Waals surface area contributed by atoms with E-state index >= 15 is 0 Å². The Morgan fingerprint density at radius 3 is 2.67 bits per heavy atom. The molecule has 0 saturated carbocycles. The predicted molar refractivity (Wildman–Crippen MR) is 42.8 cm³/mol. The van der Waals surface area contributed by atoms with Crippen LogP contribution in [0.5, 0.6) is 0 Å². The van der Waals surface area contributed by atoms with E-state index in [1.54, 1.807) is 0 Å². The van der Waals surface area contributed by atoms with Crippen LogP contribution in [0.15, 0.2) is 12.3 Å². The van der Waals surface area contributed by atoms with Gasteiger partial charge in [-0.15, -0.1) is 11.6 Å². The van der Waals surface area contributed by atoms with Crippen LogP contribution in [-0.2, 0) is 0 Å². The first-order chi connectivity index (χ1) is 5.65. The van der Waals surface area contributed by atoms with E-state index in [0.29, 0.717) is 5.56 Å². The van der Waals surface area contributed by atoms with Gasteiger partial charge in [0.25, 0.3) is 0 Å². The number of H-pyrrole nitrogens is 1. The minimum Gasteiger partial charge on any atom is -0.477 e. The molecule has 64 valence electrons. The molecule has 1 heterocycles. The minimum atomic E-state index is -1.09. The molecule has 0 atom stereocenters. The van der Waals surface area contributed by atoms with Crippen LogP contribution in [0, 0.1) is 0 Å². The molecule has 4 nitrogen and oxygen atoms in total. The smallest absolute Gasteiger partial charge is 0.352 e. The standard InChI is InChI=1S/C7H6ClNO3/c8-2-6(10)4-1-5(7(11)12)9-3-4/h1,3,9H,2H2,(H,11,12). The van der Waals surface area contributed by atoms with Gasteiger partial charge >= 0.3 is 5.97 Å².